The van der Waals surface area contributed by atoms with Crippen molar-refractivity contribution < 1.29 is 14.3 Å². The lowest BCUT2D eigenvalue weighted by Crippen LogP contribution is -2.44. The lowest BCUT2D eigenvalue weighted by Gasteiger charge is -2.40. The molecule has 0 N–H and O–H groups in total. The van der Waals surface area contributed by atoms with Crippen LogP contribution in [0.1, 0.15) is 38.4 Å². The molecule has 0 amide bonds. The average molecular weight is 368 g/mol. The van der Waals surface area contributed by atoms with E-state index in [0.717, 1.165) is 41.6 Å². The van der Waals surface area contributed by atoms with E-state index in [1.165, 1.54) is 6.92 Å². The van der Waals surface area contributed by atoms with Gasteiger partial charge in [-0.1, -0.05) is 12.2 Å². The number of ether oxygens (including phenoxy) is 2. The standard InChI is InChI=1S/C22H28N2O3/c1-5-6-16-10-12-24(3)21(13-16)22(27-15(2)25)18-9-11-23-20-8-7-17(26-4)14-19(18)20/h5-9,11,14,16,21-22H,10,12-13H2,1-4H3/b6-5+/t16?,21-,22+/m1/s1. The molecule has 3 rings (SSSR count). The lowest BCUT2D eigenvalue weighted by atomic mass is 9.85. The summed E-state index contributed by atoms with van der Waals surface area (Å²) in [7, 11) is 3.76. The van der Waals surface area contributed by atoms with Gasteiger partial charge in [-0.25, -0.2) is 0 Å². The summed E-state index contributed by atoms with van der Waals surface area (Å²) >= 11 is 0. The summed E-state index contributed by atoms with van der Waals surface area (Å²) in [6.07, 6.45) is 7.88. The predicted molar refractivity (Wildman–Crippen MR) is 107 cm³/mol. The minimum absolute atomic E-state index is 0.112. The van der Waals surface area contributed by atoms with Crippen molar-refractivity contribution in [2.75, 3.05) is 20.7 Å². The van der Waals surface area contributed by atoms with Crippen LogP contribution < -0.4 is 4.74 Å². The van der Waals surface area contributed by atoms with Gasteiger partial charge in [0.2, 0.25) is 0 Å². The number of benzene rings is 1. The summed E-state index contributed by atoms with van der Waals surface area (Å²) in [4.78, 5) is 18.7. The Hall–Kier alpha value is -2.40. The highest BCUT2D eigenvalue weighted by Crippen LogP contribution is 2.37. The van der Waals surface area contributed by atoms with Crippen LogP contribution >= 0.6 is 0 Å². The van der Waals surface area contributed by atoms with Crippen LogP contribution in [0.3, 0.4) is 0 Å². The van der Waals surface area contributed by atoms with Gasteiger partial charge in [0, 0.05) is 24.1 Å². The maximum absolute atomic E-state index is 11.9. The molecule has 1 aliphatic heterocycles. The van der Waals surface area contributed by atoms with Crippen molar-refractivity contribution >= 4 is 16.9 Å². The molecule has 2 aromatic rings. The molecular formula is C22H28N2O3. The Labute approximate surface area is 161 Å². The number of nitrogens with zero attached hydrogens (tertiary/aromatic N) is 2. The van der Waals surface area contributed by atoms with E-state index in [0.29, 0.717) is 5.92 Å². The summed E-state index contributed by atoms with van der Waals surface area (Å²) in [6.45, 7) is 4.51. The molecular weight excluding hydrogens is 340 g/mol. The number of carbonyl (C=O) groups excluding carboxylic acids is 1. The highest BCUT2D eigenvalue weighted by atomic mass is 16.5. The molecule has 1 aliphatic rings. The fourth-order valence-electron chi connectivity index (χ4n) is 3.99. The molecule has 1 saturated heterocycles. The van der Waals surface area contributed by atoms with E-state index in [-0.39, 0.29) is 18.1 Å². The summed E-state index contributed by atoms with van der Waals surface area (Å²) in [5.74, 6) is 0.994. The Morgan fingerprint density at radius 1 is 1.37 bits per heavy atom. The number of allylic oxidation sites excluding steroid dienone is 2. The van der Waals surface area contributed by atoms with E-state index < -0.39 is 0 Å². The number of piperidine rings is 1. The minimum Gasteiger partial charge on any atom is -0.497 e. The Kier molecular flexibility index (Phi) is 6.11. The number of likely N-dealkylation sites (N-methyl/N-ethyl adjacent to an activating group) is 1. The first-order valence-corrected chi connectivity index (χ1v) is 9.46. The quantitative estimate of drug-likeness (QED) is 0.587. The fraction of sp³-hybridized carbons (Fsp3) is 0.455. The zero-order valence-electron chi connectivity index (χ0n) is 16.5. The Bertz CT molecular complexity index is 833. The molecule has 1 aromatic carbocycles. The molecule has 2 heterocycles. The van der Waals surface area contributed by atoms with Crippen LogP contribution in [-0.4, -0.2) is 42.6 Å². The van der Waals surface area contributed by atoms with Crippen LogP contribution in [0.2, 0.25) is 0 Å². The van der Waals surface area contributed by atoms with Crippen molar-refractivity contribution in [2.45, 2.75) is 38.8 Å². The molecule has 27 heavy (non-hydrogen) atoms. The van der Waals surface area contributed by atoms with Crippen LogP contribution in [0.25, 0.3) is 10.9 Å². The van der Waals surface area contributed by atoms with E-state index in [9.17, 15) is 4.79 Å². The third kappa shape index (κ3) is 4.30. The molecule has 3 atom stereocenters. The molecule has 1 aromatic heterocycles. The molecule has 0 radical (unpaired) electrons. The smallest absolute Gasteiger partial charge is 0.303 e. The fourth-order valence-corrected chi connectivity index (χ4v) is 3.99. The van der Waals surface area contributed by atoms with Gasteiger partial charge in [-0.05, 0) is 63.5 Å². The van der Waals surface area contributed by atoms with Crippen molar-refractivity contribution in [3.05, 3.63) is 48.2 Å². The zero-order valence-corrected chi connectivity index (χ0v) is 16.5. The minimum atomic E-state index is -0.349. The second-order valence-electron chi connectivity index (χ2n) is 7.17. The van der Waals surface area contributed by atoms with Crippen molar-refractivity contribution in [1.82, 2.24) is 9.88 Å². The Morgan fingerprint density at radius 2 is 2.19 bits per heavy atom. The first-order chi connectivity index (χ1) is 13.0. The summed E-state index contributed by atoms with van der Waals surface area (Å²) in [6, 6.07) is 7.88. The SMILES string of the molecule is C/C=C/C1CCN(C)[C@@H]([C@@H](OC(C)=O)c2ccnc3ccc(OC)cc23)C1. The van der Waals surface area contributed by atoms with Crippen LogP contribution in [-0.2, 0) is 9.53 Å². The second-order valence-corrected chi connectivity index (χ2v) is 7.17. The maximum Gasteiger partial charge on any atom is 0.303 e. The number of rotatable bonds is 5. The van der Waals surface area contributed by atoms with E-state index in [1.54, 1.807) is 13.3 Å². The van der Waals surface area contributed by atoms with Crippen molar-refractivity contribution in [3.8, 4) is 5.75 Å². The number of esters is 1. The number of methoxy groups -OCH3 is 1. The second kappa shape index (κ2) is 8.53. The molecule has 5 nitrogen and oxygen atoms in total. The maximum atomic E-state index is 11.9. The van der Waals surface area contributed by atoms with Crippen molar-refractivity contribution in [2.24, 2.45) is 5.92 Å². The first-order valence-electron chi connectivity index (χ1n) is 9.46. The van der Waals surface area contributed by atoms with Gasteiger partial charge in [-0.2, -0.15) is 0 Å². The Morgan fingerprint density at radius 3 is 2.89 bits per heavy atom. The van der Waals surface area contributed by atoms with E-state index in [2.05, 4.69) is 36.0 Å². The van der Waals surface area contributed by atoms with E-state index in [1.807, 2.05) is 24.3 Å². The van der Waals surface area contributed by atoms with Gasteiger partial charge in [0.15, 0.2) is 0 Å². The topological polar surface area (TPSA) is 51.7 Å². The number of aromatic nitrogens is 1. The van der Waals surface area contributed by atoms with Gasteiger partial charge in [-0.15, -0.1) is 0 Å². The highest BCUT2D eigenvalue weighted by Gasteiger charge is 2.35. The third-order valence-electron chi connectivity index (χ3n) is 5.36. The monoisotopic (exact) mass is 368 g/mol. The number of hydrogen-bond acceptors (Lipinski definition) is 5. The zero-order chi connectivity index (χ0) is 19.4. The largest absolute Gasteiger partial charge is 0.497 e. The van der Waals surface area contributed by atoms with Crippen LogP contribution in [0.5, 0.6) is 5.75 Å². The molecule has 144 valence electrons. The van der Waals surface area contributed by atoms with Crippen molar-refractivity contribution in [1.29, 1.82) is 0 Å². The molecule has 5 heteroatoms. The van der Waals surface area contributed by atoms with Crippen LogP contribution in [0.4, 0.5) is 0 Å². The van der Waals surface area contributed by atoms with Gasteiger partial charge in [0.1, 0.15) is 11.9 Å². The number of likely N-dealkylation sites (tertiary alicyclic amines) is 1. The lowest BCUT2D eigenvalue weighted by molar-refractivity contribution is -0.151. The van der Waals surface area contributed by atoms with Gasteiger partial charge in [-0.3, -0.25) is 14.7 Å². The van der Waals surface area contributed by atoms with Gasteiger partial charge in [0.05, 0.1) is 18.7 Å². The van der Waals surface area contributed by atoms with E-state index in [4.69, 9.17) is 9.47 Å². The first kappa shape index (κ1) is 19.4. The molecule has 1 fully saturated rings. The van der Waals surface area contributed by atoms with Gasteiger partial charge >= 0.3 is 5.97 Å². The number of hydrogen-bond donors (Lipinski definition) is 0. The number of fused-ring (bicyclic) bond motifs is 1. The van der Waals surface area contributed by atoms with Crippen LogP contribution in [0, 0.1) is 5.92 Å². The predicted octanol–water partition coefficient (Wildman–Crippen LogP) is 4.13. The van der Waals surface area contributed by atoms with E-state index >= 15 is 0 Å². The third-order valence-corrected chi connectivity index (χ3v) is 5.36. The average Bonchev–Trinajstić information content (AvgIpc) is 2.67. The van der Waals surface area contributed by atoms with Crippen LogP contribution in [0.15, 0.2) is 42.6 Å². The number of pyridine rings is 1. The number of carbonyl (C=O) groups is 1. The molecule has 1 unspecified atom stereocenters. The van der Waals surface area contributed by atoms with Crippen molar-refractivity contribution in [3.63, 3.8) is 0 Å². The molecule has 0 aliphatic carbocycles. The summed E-state index contributed by atoms with van der Waals surface area (Å²) in [5, 5.41) is 0.963. The summed E-state index contributed by atoms with van der Waals surface area (Å²) < 4.78 is 11.3. The molecule has 0 saturated carbocycles. The summed E-state index contributed by atoms with van der Waals surface area (Å²) in [5.41, 5.74) is 1.85. The van der Waals surface area contributed by atoms with Gasteiger partial charge < -0.3 is 9.47 Å². The highest BCUT2D eigenvalue weighted by molar-refractivity contribution is 5.84. The molecule has 0 bridgehead atoms. The van der Waals surface area contributed by atoms with Gasteiger partial charge in [0.25, 0.3) is 0 Å². The normalized spacial score (nSPS) is 22.1. The Balaban J connectivity index is 2.07. The molecule has 0 spiro atoms.